The first-order chi connectivity index (χ1) is 12.8. The maximum Gasteiger partial charge on any atom is 0.408 e. The molecule has 2 N–H and O–H groups in total. The molecule has 144 valence electrons. The molecule has 1 amide bonds. The average molecular weight is 434 g/mol. The molecular weight excluding hydrogens is 410 g/mol. The van der Waals surface area contributed by atoms with Crippen molar-refractivity contribution in [3.05, 3.63) is 34.2 Å². The standard InChI is InChI=1S/C20H24BrN3O3/c1-19(2,3)27-18(25)24-20(8-4-9-20)17-22-14-7-10-26-15-11-12(21)5-6-13(15)16(14)23-17/h5-6,11H,4,7-10H2,1-3H3,(H,22,23)(H,24,25). The van der Waals surface area contributed by atoms with Crippen molar-refractivity contribution in [2.45, 2.75) is 57.6 Å². The molecule has 1 saturated carbocycles. The van der Waals surface area contributed by atoms with Crippen LogP contribution in [0.1, 0.15) is 51.6 Å². The molecule has 2 heterocycles. The molecule has 4 rings (SSSR count). The van der Waals surface area contributed by atoms with Gasteiger partial charge in [-0.3, -0.25) is 0 Å². The summed E-state index contributed by atoms with van der Waals surface area (Å²) >= 11 is 3.49. The van der Waals surface area contributed by atoms with Crippen LogP contribution in [-0.2, 0) is 16.7 Å². The van der Waals surface area contributed by atoms with E-state index in [1.54, 1.807) is 0 Å². The van der Waals surface area contributed by atoms with Gasteiger partial charge in [0.05, 0.1) is 12.3 Å². The molecule has 1 aromatic carbocycles. The average Bonchev–Trinajstić information content (AvgIpc) is 2.86. The van der Waals surface area contributed by atoms with E-state index in [0.29, 0.717) is 6.61 Å². The van der Waals surface area contributed by atoms with Gasteiger partial charge in [0, 0.05) is 22.2 Å². The molecule has 0 radical (unpaired) electrons. The predicted molar refractivity (Wildman–Crippen MR) is 106 cm³/mol. The number of hydrogen-bond donors (Lipinski definition) is 2. The number of imidazole rings is 1. The Labute approximate surface area is 167 Å². The Morgan fingerprint density at radius 3 is 2.81 bits per heavy atom. The Morgan fingerprint density at radius 2 is 2.15 bits per heavy atom. The van der Waals surface area contributed by atoms with E-state index >= 15 is 0 Å². The molecule has 0 spiro atoms. The van der Waals surface area contributed by atoms with Crippen molar-refractivity contribution in [3.63, 3.8) is 0 Å². The predicted octanol–water partition coefficient (Wildman–Crippen LogP) is 4.68. The summed E-state index contributed by atoms with van der Waals surface area (Å²) in [4.78, 5) is 20.7. The Balaban J connectivity index is 1.67. The van der Waals surface area contributed by atoms with E-state index in [1.807, 2.05) is 39.0 Å². The molecular formula is C20H24BrN3O3. The minimum absolute atomic E-state index is 0.401. The number of aromatic amines is 1. The quantitative estimate of drug-likeness (QED) is 0.720. The van der Waals surface area contributed by atoms with Gasteiger partial charge in [-0.05, 0) is 58.2 Å². The molecule has 1 aliphatic carbocycles. The topological polar surface area (TPSA) is 76.2 Å². The number of nitrogens with zero attached hydrogens (tertiary/aromatic N) is 1. The highest BCUT2D eigenvalue weighted by atomic mass is 79.9. The number of halogens is 1. The van der Waals surface area contributed by atoms with Crippen molar-refractivity contribution in [1.82, 2.24) is 15.3 Å². The number of aromatic nitrogens is 2. The lowest BCUT2D eigenvalue weighted by atomic mass is 9.76. The number of carbonyl (C=O) groups is 1. The van der Waals surface area contributed by atoms with Crippen LogP contribution in [0.5, 0.6) is 5.75 Å². The summed E-state index contributed by atoms with van der Waals surface area (Å²) in [6, 6.07) is 5.98. The zero-order chi connectivity index (χ0) is 19.2. The second-order valence-corrected chi connectivity index (χ2v) is 9.13. The Kier molecular flexibility index (Phi) is 4.45. The van der Waals surface area contributed by atoms with Gasteiger partial charge in [0.1, 0.15) is 22.7 Å². The van der Waals surface area contributed by atoms with Gasteiger partial charge in [0.2, 0.25) is 0 Å². The van der Waals surface area contributed by atoms with E-state index in [4.69, 9.17) is 14.5 Å². The lowest BCUT2D eigenvalue weighted by Crippen LogP contribution is -2.52. The second-order valence-electron chi connectivity index (χ2n) is 8.21. The second kappa shape index (κ2) is 6.55. The Hall–Kier alpha value is -2.02. The number of hydrogen-bond acceptors (Lipinski definition) is 4. The normalized spacial score (nSPS) is 17.6. The minimum Gasteiger partial charge on any atom is -0.492 e. The summed E-state index contributed by atoms with van der Waals surface area (Å²) in [6.07, 6.45) is 3.09. The highest BCUT2D eigenvalue weighted by Gasteiger charge is 2.44. The van der Waals surface area contributed by atoms with Crippen LogP contribution in [0, 0.1) is 0 Å². The fourth-order valence-corrected chi connectivity index (χ4v) is 3.90. The highest BCUT2D eigenvalue weighted by molar-refractivity contribution is 9.10. The van der Waals surface area contributed by atoms with Crippen molar-refractivity contribution < 1.29 is 14.3 Å². The molecule has 0 bridgehead atoms. The molecule has 1 aromatic heterocycles. The van der Waals surface area contributed by atoms with Crippen molar-refractivity contribution in [2.75, 3.05) is 6.61 Å². The third kappa shape index (κ3) is 3.57. The zero-order valence-corrected chi connectivity index (χ0v) is 17.4. The summed E-state index contributed by atoms with van der Waals surface area (Å²) in [5.41, 5.74) is 1.91. The van der Waals surface area contributed by atoms with Gasteiger partial charge in [0.15, 0.2) is 0 Å². The molecule has 27 heavy (non-hydrogen) atoms. The number of alkyl carbamates (subject to hydrolysis) is 1. The molecule has 7 heteroatoms. The van der Waals surface area contributed by atoms with Crippen molar-refractivity contribution in [1.29, 1.82) is 0 Å². The molecule has 1 fully saturated rings. The third-order valence-corrected chi connectivity index (χ3v) is 5.48. The lowest BCUT2D eigenvalue weighted by Gasteiger charge is -2.41. The first-order valence-corrected chi connectivity index (χ1v) is 10.1. The van der Waals surface area contributed by atoms with E-state index in [1.165, 1.54) is 0 Å². The van der Waals surface area contributed by atoms with Gasteiger partial charge in [-0.25, -0.2) is 9.78 Å². The fourth-order valence-electron chi connectivity index (χ4n) is 3.56. The molecule has 0 unspecified atom stereocenters. The van der Waals surface area contributed by atoms with Crippen LogP contribution < -0.4 is 10.1 Å². The summed E-state index contributed by atoms with van der Waals surface area (Å²) in [6.45, 7) is 6.18. The number of fused-ring (bicyclic) bond motifs is 3. The maximum absolute atomic E-state index is 12.4. The zero-order valence-electron chi connectivity index (χ0n) is 15.8. The van der Waals surface area contributed by atoms with Gasteiger partial charge < -0.3 is 19.8 Å². The van der Waals surface area contributed by atoms with Gasteiger partial charge in [-0.2, -0.15) is 0 Å². The lowest BCUT2D eigenvalue weighted by molar-refractivity contribution is 0.0366. The molecule has 1 aliphatic heterocycles. The first-order valence-electron chi connectivity index (χ1n) is 9.29. The molecule has 0 saturated heterocycles. The minimum atomic E-state index is -0.529. The number of carbonyl (C=O) groups excluding carboxylic acids is 1. The van der Waals surface area contributed by atoms with Crippen LogP contribution in [-0.4, -0.2) is 28.3 Å². The fraction of sp³-hybridized carbons (Fsp3) is 0.500. The van der Waals surface area contributed by atoms with E-state index < -0.39 is 17.2 Å². The van der Waals surface area contributed by atoms with E-state index in [9.17, 15) is 4.79 Å². The first kappa shape index (κ1) is 18.3. The van der Waals surface area contributed by atoms with Gasteiger partial charge in [-0.1, -0.05) is 15.9 Å². The maximum atomic E-state index is 12.4. The third-order valence-electron chi connectivity index (χ3n) is 4.99. The van der Waals surface area contributed by atoms with Gasteiger partial charge in [0.25, 0.3) is 0 Å². The number of nitrogens with one attached hydrogen (secondary N) is 2. The monoisotopic (exact) mass is 433 g/mol. The van der Waals surface area contributed by atoms with Gasteiger partial charge in [-0.15, -0.1) is 0 Å². The van der Waals surface area contributed by atoms with E-state index in [2.05, 4.69) is 26.2 Å². The Bertz CT molecular complexity index is 881. The number of H-pyrrole nitrogens is 1. The van der Waals surface area contributed by atoms with E-state index in [-0.39, 0.29) is 0 Å². The van der Waals surface area contributed by atoms with Crippen LogP contribution >= 0.6 is 15.9 Å². The molecule has 2 aromatic rings. The number of rotatable bonds is 2. The largest absolute Gasteiger partial charge is 0.492 e. The molecule has 6 nitrogen and oxygen atoms in total. The van der Waals surface area contributed by atoms with Crippen molar-refractivity contribution >= 4 is 22.0 Å². The summed E-state index contributed by atoms with van der Waals surface area (Å²) < 4.78 is 12.3. The van der Waals surface area contributed by atoms with Crippen molar-refractivity contribution in [2.24, 2.45) is 0 Å². The Morgan fingerprint density at radius 1 is 1.37 bits per heavy atom. The number of benzene rings is 1. The highest BCUT2D eigenvalue weighted by Crippen LogP contribution is 2.43. The van der Waals surface area contributed by atoms with Gasteiger partial charge >= 0.3 is 6.09 Å². The molecule has 0 atom stereocenters. The van der Waals surface area contributed by atoms with Crippen LogP contribution in [0.15, 0.2) is 22.7 Å². The smallest absolute Gasteiger partial charge is 0.408 e. The SMILES string of the molecule is CC(C)(C)OC(=O)NC1(c2nc3c([nH]2)CCOc2cc(Br)ccc2-3)CCC1. The summed E-state index contributed by atoms with van der Waals surface area (Å²) in [7, 11) is 0. The number of amides is 1. The van der Waals surface area contributed by atoms with E-state index in [0.717, 1.165) is 58.7 Å². The molecule has 2 aliphatic rings. The number of ether oxygens (including phenoxy) is 2. The van der Waals surface area contributed by atoms with Crippen LogP contribution in [0.3, 0.4) is 0 Å². The van der Waals surface area contributed by atoms with Crippen LogP contribution in [0.4, 0.5) is 4.79 Å². The van der Waals surface area contributed by atoms with Crippen LogP contribution in [0.2, 0.25) is 0 Å². The summed E-state index contributed by atoms with van der Waals surface area (Å²) in [5, 5.41) is 3.07. The van der Waals surface area contributed by atoms with Crippen molar-refractivity contribution in [3.8, 4) is 17.0 Å². The van der Waals surface area contributed by atoms with Crippen LogP contribution in [0.25, 0.3) is 11.3 Å². The summed E-state index contributed by atoms with van der Waals surface area (Å²) in [5.74, 6) is 1.63.